The first-order chi connectivity index (χ1) is 12.1. The molecule has 1 heterocycles. The van der Waals surface area contributed by atoms with Gasteiger partial charge in [-0.3, -0.25) is 4.79 Å². The van der Waals surface area contributed by atoms with E-state index < -0.39 is 0 Å². The smallest absolute Gasteiger partial charge is 0.270 e. The number of nitrogens with zero attached hydrogens (tertiary/aromatic N) is 3. The predicted molar refractivity (Wildman–Crippen MR) is 98.7 cm³/mol. The first-order valence-electron chi connectivity index (χ1n) is 8.20. The number of aromatic nitrogens is 2. The Balaban J connectivity index is 2.21. The summed E-state index contributed by atoms with van der Waals surface area (Å²) < 4.78 is 5.04. The highest BCUT2D eigenvalue weighted by Gasteiger charge is 2.13. The van der Waals surface area contributed by atoms with Crippen LogP contribution in [0.3, 0.4) is 0 Å². The van der Waals surface area contributed by atoms with E-state index in [9.17, 15) is 4.79 Å². The van der Waals surface area contributed by atoms with Crippen molar-refractivity contribution < 1.29 is 9.53 Å². The standard InChI is InChI=1S/C18H25N5O2/c1-23(2)11-9-20-18(24)15-13-16(19-10-12-25-3)22-17(21-15)14-7-5-4-6-8-14/h4-8,13H,9-12H2,1-3H3,(H,20,24)(H,19,21,22). The molecule has 1 aromatic carbocycles. The number of ether oxygens (including phenoxy) is 1. The maximum atomic E-state index is 12.4. The number of carbonyl (C=O) groups excluding carboxylic acids is 1. The summed E-state index contributed by atoms with van der Waals surface area (Å²) in [6.45, 7) is 2.47. The van der Waals surface area contributed by atoms with E-state index in [1.165, 1.54) is 0 Å². The lowest BCUT2D eigenvalue weighted by Crippen LogP contribution is -2.32. The summed E-state index contributed by atoms with van der Waals surface area (Å²) in [6, 6.07) is 11.3. The van der Waals surface area contributed by atoms with Crippen LogP contribution in [0.2, 0.25) is 0 Å². The maximum absolute atomic E-state index is 12.4. The van der Waals surface area contributed by atoms with E-state index in [2.05, 4.69) is 20.6 Å². The van der Waals surface area contributed by atoms with Crippen molar-refractivity contribution in [2.75, 3.05) is 52.8 Å². The van der Waals surface area contributed by atoms with Gasteiger partial charge in [0.15, 0.2) is 5.82 Å². The zero-order valence-electron chi connectivity index (χ0n) is 15.0. The summed E-state index contributed by atoms with van der Waals surface area (Å²) in [7, 11) is 5.56. The Labute approximate surface area is 148 Å². The fourth-order valence-corrected chi connectivity index (χ4v) is 2.14. The number of rotatable bonds is 9. The van der Waals surface area contributed by atoms with Crippen molar-refractivity contribution in [2.24, 2.45) is 0 Å². The van der Waals surface area contributed by atoms with Crippen molar-refractivity contribution in [3.63, 3.8) is 0 Å². The van der Waals surface area contributed by atoms with E-state index in [1.807, 2.05) is 49.3 Å². The van der Waals surface area contributed by atoms with Gasteiger partial charge >= 0.3 is 0 Å². The van der Waals surface area contributed by atoms with Crippen molar-refractivity contribution in [1.82, 2.24) is 20.2 Å². The van der Waals surface area contributed by atoms with Gasteiger partial charge in [-0.1, -0.05) is 30.3 Å². The van der Waals surface area contributed by atoms with Gasteiger partial charge in [0.2, 0.25) is 0 Å². The molecule has 0 saturated heterocycles. The van der Waals surface area contributed by atoms with E-state index in [-0.39, 0.29) is 5.91 Å². The molecule has 0 spiro atoms. The summed E-state index contributed by atoms with van der Waals surface area (Å²) in [5, 5.41) is 6.04. The van der Waals surface area contributed by atoms with Gasteiger partial charge in [-0.2, -0.15) is 0 Å². The molecule has 7 heteroatoms. The Morgan fingerprint density at radius 1 is 1.16 bits per heavy atom. The van der Waals surface area contributed by atoms with Crippen LogP contribution in [-0.4, -0.2) is 68.2 Å². The molecule has 25 heavy (non-hydrogen) atoms. The van der Waals surface area contributed by atoms with E-state index in [1.54, 1.807) is 13.2 Å². The average molecular weight is 343 g/mol. The molecular formula is C18H25N5O2. The number of anilines is 1. The minimum atomic E-state index is -0.212. The number of amides is 1. The SMILES string of the molecule is COCCNc1cc(C(=O)NCCN(C)C)nc(-c2ccccc2)n1. The molecule has 0 radical (unpaired) electrons. The Kier molecular flexibility index (Phi) is 7.31. The number of nitrogens with one attached hydrogen (secondary N) is 2. The van der Waals surface area contributed by atoms with Crippen molar-refractivity contribution in [1.29, 1.82) is 0 Å². The number of hydrogen-bond donors (Lipinski definition) is 2. The molecule has 0 bridgehead atoms. The van der Waals surface area contributed by atoms with Crippen LogP contribution in [0.25, 0.3) is 11.4 Å². The highest BCUT2D eigenvalue weighted by Crippen LogP contribution is 2.17. The third kappa shape index (κ3) is 6.13. The van der Waals surface area contributed by atoms with Crippen molar-refractivity contribution in [3.05, 3.63) is 42.1 Å². The van der Waals surface area contributed by atoms with Gasteiger partial charge in [0.05, 0.1) is 6.61 Å². The number of carbonyl (C=O) groups is 1. The van der Waals surface area contributed by atoms with Gasteiger partial charge < -0.3 is 20.3 Å². The third-order valence-corrected chi connectivity index (χ3v) is 3.45. The zero-order chi connectivity index (χ0) is 18.1. The average Bonchev–Trinajstić information content (AvgIpc) is 2.62. The van der Waals surface area contributed by atoms with Gasteiger partial charge in [0.1, 0.15) is 11.5 Å². The van der Waals surface area contributed by atoms with Crippen LogP contribution < -0.4 is 10.6 Å². The van der Waals surface area contributed by atoms with Crippen LogP contribution in [0.5, 0.6) is 0 Å². The molecule has 1 aromatic heterocycles. The maximum Gasteiger partial charge on any atom is 0.270 e. The summed E-state index contributed by atoms with van der Waals surface area (Å²) in [6.07, 6.45) is 0. The molecule has 2 N–H and O–H groups in total. The van der Waals surface area contributed by atoms with E-state index >= 15 is 0 Å². The molecule has 0 aliphatic rings. The minimum absolute atomic E-state index is 0.212. The molecule has 0 atom stereocenters. The van der Waals surface area contributed by atoms with Crippen molar-refractivity contribution >= 4 is 11.7 Å². The highest BCUT2D eigenvalue weighted by molar-refractivity contribution is 5.93. The summed E-state index contributed by atoms with van der Waals surface area (Å²) in [5.74, 6) is 0.903. The van der Waals surface area contributed by atoms with Crippen LogP contribution in [0.1, 0.15) is 10.5 Å². The lowest BCUT2D eigenvalue weighted by Gasteiger charge is -2.12. The largest absolute Gasteiger partial charge is 0.383 e. The minimum Gasteiger partial charge on any atom is -0.383 e. The van der Waals surface area contributed by atoms with Crippen LogP contribution in [0, 0.1) is 0 Å². The fourth-order valence-electron chi connectivity index (χ4n) is 2.14. The first-order valence-corrected chi connectivity index (χ1v) is 8.20. The molecule has 134 valence electrons. The molecule has 1 amide bonds. The molecular weight excluding hydrogens is 318 g/mol. The van der Waals surface area contributed by atoms with E-state index in [4.69, 9.17) is 4.74 Å². The second-order valence-corrected chi connectivity index (χ2v) is 5.81. The molecule has 0 unspecified atom stereocenters. The van der Waals surface area contributed by atoms with Gasteiger partial charge in [0, 0.05) is 38.4 Å². The van der Waals surface area contributed by atoms with Crippen LogP contribution in [-0.2, 0) is 4.74 Å². The van der Waals surface area contributed by atoms with Gasteiger partial charge in [-0.05, 0) is 14.1 Å². The summed E-state index contributed by atoms with van der Waals surface area (Å²) >= 11 is 0. The summed E-state index contributed by atoms with van der Waals surface area (Å²) in [5.41, 5.74) is 1.20. The lowest BCUT2D eigenvalue weighted by molar-refractivity contribution is 0.0946. The summed E-state index contributed by atoms with van der Waals surface area (Å²) in [4.78, 5) is 23.3. The van der Waals surface area contributed by atoms with Crippen LogP contribution in [0.15, 0.2) is 36.4 Å². The highest BCUT2D eigenvalue weighted by atomic mass is 16.5. The fraction of sp³-hybridized carbons (Fsp3) is 0.389. The Morgan fingerprint density at radius 2 is 1.92 bits per heavy atom. The zero-order valence-corrected chi connectivity index (χ0v) is 15.0. The Hall–Kier alpha value is -2.51. The van der Waals surface area contributed by atoms with Gasteiger partial charge in [0.25, 0.3) is 5.91 Å². The number of likely N-dealkylation sites (N-methyl/N-ethyl adjacent to an activating group) is 1. The van der Waals surface area contributed by atoms with Crippen LogP contribution in [0.4, 0.5) is 5.82 Å². The van der Waals surface area contributed by atoms with Gasteiger partial charge in [-0.15, -0.1) is 0 Å². The number of methoxy groups -OCH3 is 1. The van der Waals surface area contributed by atoms with Crippen LogP contribution >= 0.6 is 0 Å². The van der Waals surface area contributed by atoms with Crippen molar-refractivity contribution in [2.45, 2.75) is 0 Å². The van der Waals surface area contributed by atoms with E-state index in [0.29, 0.717) is 37.0 Å². The predicted octanol–water partition coefficient (Wildman–Crippen LogP) is 1.49. The van der Waals surface area contributed by atoms with E-state index in [0.717, 1.165) is 12.1 Å². The molecule has 2 aromatic rings. The number of benzene rings is 1. The Morgan fingerprint density at radius 3 is 2.60 bits per heavy atom. The first kappa shape index (κ1) is 18.8. The topological polar surface area (TPSA) is 79.4 Å². The Bertz CT molecular complexity index is 676. The van der Waals surface area contributed by atoms with Crippen molar-refractivity contribution in [3.8, 4) is 11.4 Å². The third-order valence-electron chi connectivity index (χ3n) is 3.45. The molecule has 0 fully saturated rings. The van der Waals surface area contributed by atoms with Gasteiger partial charge in [-0.25, -0.2) is 9.97 Å². The normalized spacial score (nSPS) is 10.7. The quantitative estimate of drug-likeness (QED) is 0.672. The molecule has 0 saturated carbocycles. The molecule has 0 aliphatic carbocycles. The molecule has 0 aliphatic heterocycles. The lowest BCUT2D eigenvalue weighted by atomic mass is 10.2. The number of hydrogen-bond acceptors (Lipinski definition) is 6. The molecule has 2 rings (SSSR count). The molecule has 7 nitrogen and oxygen atoms in total. The second-order valence-electron chi connectivity index (χ2n) is 5.81. The second kappa shape index (κ2) is 9.71. The monoisotopic (exact) mass is 343 g/mol.